The number of halogens is 3. The van der Waals surface area contributed by atoms with Crippen molar-refractivity contribution in [1.29, 1.82) is 0 Å². The van der Waals surface area contributed by atoms with Crippen molar-refractivity contribution < 1.29 is 9.21 Å². The largest absolute Gasteiger partial charge is 0.444 e. The van der Waals surface area contributed by atoms with E-state index in [1.807, 2.05) is 0 Å². The van der Waals surface area contributed by atoms with Crippen LogP contribution < -0.4 is 10.9 Å². The maximum absolute atomic E-state index is 12.0. The second-order valence-corrected chi connectivity index (χ2v) is 5.00. The molecule has 2 aromatic rings. The van der Waals surface area contributed by atoms with Crippen molar-refractivity contribution in [2.24, 2.45) is 5.84 Å². The molecular weight excluding hydrogens is 343 g/mol. The normalized spacial score (nSPS) is 10.4. The molecule has 0 saturated carbocycles. The molecule has 2 rings (SSSR count). The molecule has 0 aliphatic carbocycles. The predicted octanol–water partition coefficient (Wildman–Crippen LogP) is 3.87. The second-order valence-electron chi connectivity index (χ2n) is 3.37. The summed E-state index contributed by atoms with van der Waals surface area (Å²) in [6, 6.07) is 7.77. The van der Waals surface area contributed by atoms with Crippen molar-refractivity contribution in [3.05, 3.63) is 50.8 Å². The van der Waals surface area contributed by atoms with Gasteiger partial charge < -0.3 is 4.42 Å². The third-order valence-electron chi connectivity index (χ3n) is 2.17. The summed E-state index contributed by atoms with van der Waals surface area (Å²) in [7, 11) is 0. The first-order chi connectivity index (χ1) is 8.49. The number of amides is 1. The van der Waals surface area contributed by atoms with Crippen molar-refractivity contribution in [3.8, 4) is 0 Å². The summed E-state index contributed by atoms with van der Waals surface area (Å²) < 4.78 is 5.57. The van der Waals surface area contributed by atoms with Crippen LogP contribution in [0.5, 0.6) is 0 Å². The highest BCUT2D eigenvalue weighted by molar-refractivity contribution is 9.10. The summed E-state index contributed by atoms with van der Waals surface area (Å²) >= 11 is 14.9. The lowest BCUT2D eigenvalue weighted by Crippen LogP contribution is -2.37. The molecule has 4 nitrogen and oxygen atoms in total. The van der Waals surface area contributed by atoms with Crippen LogP contribution in [0.15, 0.2) is 39.4 Å². The molecule has 0 aliphatic heterocycles. The van der Waals surface area contributed by atoms with Gasteiger partial charge in [0, 0.05) is 5.02 Å². The van der Waals surface area contributed by atoms with Crippen LogP contribution in [-0.2, 0) is 0 Å². The number of rotatable bonds is 2. The Morgan fingerprint density at radius 2 is 2.00 bits per heavy atom. The molecule has 0 radical (unpaired) electrons. The predicted molar refractivity (Wildman–Crippen MR) is 73.9 cm³/mol. The van der Waals surface area contributed by atoms with E-state index < -0.39 is 5.91 Å². The van der Waals surface area contributed by atoms with Crippen molar-refractivity contribution in [1.82, 2.24) is 0 Å². The fourth-order valence-corrected chi connectivity index (χ4v) is 2.01. The van der Waals surface area contributed by atoms with Crippen LogP contribution in [0.1, 0.15) is 10.6 Å². The molecule has 1 heterocycles. The number of anilines is 1. The Kier molecular flexibility index (Phi) is 3.97. The lowest BCUT2D eigenvalue weighted by molar-refractivity contribution is 0.0959. The van der Waals surface area contributed by atoms with E-state index in [0.29, 0.717) is 20.4 Å². The molecule has 1 aromatic heterocycles. The fraction of sp³-hybridized carbons (Fsp3) is 0. The highest BCUT2D eigenvalue weighted by atomic mass is 79.9. The maximum atomic E-state index is 12.0. The van der Waals surface area contributed by atoms with Gasteiger partial charge >= 0.3 is 5.91 Å². The molecule has 94 valence electrons. The summed E-state index contributed by atoms with van der Waals surface area (Å²) in [4.78, 5) is 12.0. The van der Waals surface area contributed by atoms with E-state index in [2.05, 4.69) is 15.9 Å². The molecule has 7 heteroatoms. The molecule has 2 N–H and O–H groups in total. The summed E-state index contributed by atoms with van der Waals surface area (Å²) in [6.45, 7) is 0. The number of nitrogens with zero attached hydrogens (tertiary/aromatic N) is 1. The zero-order chi connectivity index (χ0) is 13.3. The number of hydrazine groups is 1. The molecule has 0 spiro atoms. The Hall–Kier alpha value is -1.01. The Labute approximate surface area is 121 Å². The first-order valence-electron chi connectivity index (χ1n) is 4.78. The topological polar surface area (TPSA) is 59.5 Å². The average Bonchev–Trinajstić information content (AvgIpc) is 2.77. The number of nitrogens with two attached hydrogens (primary N) is 1. The third-order valence-corrected chi connectivity index (χ3v) is 3.15. The molecule has 0 unspecified atom stereocenters. The number of hydrogen-bond donors (Lipinski definition) is 1. The Morgan fingerprint density at radius 3 is 2.61 bits per heavy atom. The smallest absolute Gasteiger partial charge is 0.308 e. The minimum atomic E-state index is -0.523. The van der Waals surface area contributed by atoms with E-state index in [1.54, 1.807) is 18.2 Å². The van der Waals surface area contributed by atoms with Crippen LogP contribution in [0.3, 0.4) is 0 Å². The van der Waals surface area contributed by atoms with Crippen LogP contribution in [0, 0.1) is 0 Å². The number of carbonyl (C=O) groups excluding carboxylic acids is 1. The van der Waals surface area contributed by atoms with Crippen molar-refractivity contribution in [3.63, 3.8) is 0 Å². The zero-order valence-electron chi connectivity index (χ0n) is 8.86. The fourth-order valence-electron chi connectivity index (χ4n) is 1.33. The van der Waals surface area contributed by atoms with Crippen LogP contribution in [0.4, 0.5) is 5.69 Å². The zero-order valence-corrected chi connectivity index (χ0v) is 12.0. The lowest BCUT2D eigenvalue weighted by atomic mass is 10.3. The molecule has 0 fully saturated rings. The molecule has 0 aliphatic rings. The van der Waals surface area contributed by atoms with Gasteiger partial charge in [0.2, 0.25) is 0 Å². The van der Waals surface area contributed by atoms with Gasteiger partial charge in [0.25, 0.3) is 0 Å². The molecule has 18 heavy (non-hydrogen) atoms. The van der Waals surface area contributed by atoms with Crippen LogP contribution in [-0.4, -0.2) is 5.91 Å². The van der Waals surface area contributed by atoms with Gasteiger partial charge in [0.1, 0.15) is 0 Å². The number of hydrogen-bond acceptors (Lipinski definition) is 3. The minimum absolute atomic E-state index is 0.0976. The van der Waals surface area contributed by atoms with Gasteiger partial charge in [-0.05, 0) is 46.3 Å². The van der Waals surface area contributed by atoms with Crippen LogP contribution in [0.2, 0.25) is 10.0 Å². The van der Waals surface area contributed by atoms with E-state index in [0.717, 1.165) is 5.01 Å². The summed E-state index contributed by atoms with van der Waals surface area (Å²) in [6.07, 6.45) is 0. The van der Waals surface area contributed by atoms with Gasteiger partial charge in [-0.25, -0.2) is 10.9 Å². The number of benzene rings is 1. The number of furan rings is 1. The van der Waals surface area contributed by atoms with E-state index in [4.69, 9.17) is 33.5 Å². The standard InChI is InChI=1S/C11H7BrCl2N2O2/c12-10-4-3-9(18-10)11(17)16(15)8-5-6(13)1-2-7(8)14/h1-5H,15H2. The average molecular weight is 350 g/mol. The van der Waals surface area contributed by atoms with E-state index in [9.17, 15) is 4.79 Å². The highest BCUT2D eigenvalue weighted by Crippen LogP contribution is 2.28. The molecule has 1 aromatic carbocycles. The van der Waals surface area contributed by atoms with Gasteiger partial charge in [0.05, 0.1) is 10.7 Å². The van der Waals surface area contributed by atoms with Crippen LogP contribution in [0.25, 0.3) is 0 Å². The maximum Gasteiger partial charge on any atom is 0.308 e. The molecule has 0 atom stereocenters. The Balaban J connectivity index is 2.33. The van der Waals surface area contributed by atoms with Gasteiger partial charge in [-0.1, -0.05) is 23.2 Å². The first kappa shape index (κ1) is 13.4. The van der Waals surface area contributed by atoms with E-state index >= 15 is 0 Å². The van der Waals surface area contributed by atoms with Crippen LogP contribution >= 0.6 is 39.1 Å². The lowest BCUT2D eigenvalue weighted by Gasteiger charge is -2.16. The van der Waals surface area contributed by atoms with Gasteiger partial charge in [-0.15, -0.1) is 0 Å². The van der Waals surface area contributed by atoms with Crippen molar-refractivity contribution in [2.45, 2.75) is 0 Å². The van der Waals surface area contributed by atoms with Crippen molar-refractivity contribution >= 4 is 50.7 Å². The highest BCUT2D eigenvalue weighted by Gasteiger charge is 2.20. The quantitative estimate of drug-likeness (QED) is 0.508. The first-order valence-corrected chi connectivity index (χ1v) is 6.33. The number of carbonyl (C=O) groups is 1. The summed E-state index contributed by atoms with van der Waals surface area (Å²) in [5.41, 5.74) is 0.307. The second kappa shape index (κ2) is 5.32. The summed E-state index contributed by atoms with van der Waals surface area (Å²) in [5.74, 6) is 5.29. The minimum Gasteiger partial charge on any atom is -0.444 e. The van der Waals surface area contributed by atoms with Crippen molar-refractivity contribution in [2.75, 3.05) is 5.01 Å². The SMILES string of the molecule is NN(C(=O)c1ccc(Br)o1)c1cc(Cl)ccc1Cl. The van der Waals surface area contributed by atoms with E-state index in [1.165, 1.54) is 12.1 Å². The van der Waals surface area contributed by atoms with E-state index in [-0.39, 0.29) is 5.76 Å². The molecular formula is C11H7BrCl2N2O2. The molecule has 1 amide bonds. The Morgan fingerprint density at radius 1 is 1.28 bits per heavy atom. The summed E-state index contributed by atoms with van der Waals surface area (Å²) in [5, 5.41) is 1.64. The Bertz CT molecular complexity index is 600. The van der Waals surface area contributed by atoms with Gasteiger partial charge in [0.15, 0.2) is 10.4 Å². The van der Waals surface area contributed by atoms with Gasteiger partial charge in [-0.2, -0.15) is 0 Å². The van der Waals surface area contributed by atoms with Gasteiger partial charge in [-0.3, -0.25) is 4.79 Å². The molecule has 0 bridgehead atoms. The molecule has 0 saturated heterocycles. The monoisotopic (exact) mass is 348 g/mol. The third kappa shape index (κ3) is 2.70.